The van der Waals surface area contributed by atoms with E-state index in [1.807, 2.05) is 12.1 Å². The number of nitrogens with one attached hydrogen (secondary N) is 1. The van der Waals surface area contributed by atoms with Crippen LogP contribution in [0, 0.1) is 0 Å². The molecule has 0 saturated carbocycles. The van der Waals surface area contributed by atoms with Gasteiger partial charge in [0.1, 0.15) is 5.54 Å². The SMILES string of the molecule is Cl.Cl.NC1(C(=O)Nc2ccc(CN3CCOCC3)cc2)CCOCC1. The molecule has 0 atom stereocenters. The van der Waals surface area contributed by atoms with Crippen molar-refractivity contribution >= 4 is 36.4 Å². The van der Waals surface area contributed by atoms with Gasteiger partial charge in [-0.05, 0) is 30.5 Å². The molecule has 2 aliphatic rings. The Labute approximate surface area is 161 Å². The van der Waals surface area contributed by atoms with Crippen molar-refractivity contribution in [2.24, 2.45) is 5.73 Å². The van der Waals surface area contributed by atoms with Crippen LogP contribution in [0.2, 0.25) is 0 Å². The molecule has 142 valence electrons. The third-order valence-corrected chi connectivity index (χ3v) is 4.56. The quantitative estimate of drug-likeness (QED) is 0.818. The van der Waals surface area contributed by atoms with Gasteiger partial charge < -0.3 is 20.5 Å². The summed E-state index contributed by atoms with van der Waals surface area (Å²) in [5.74, 6) is -0.123. The molecule has 2 aliphatic heterocycles. The van der Waals surface area contributed by atoms with Crippen molar-refractivity contribution in [3.63, 3.8) is 0 Å². The maximum Gasteiger partial charge on any atom is 0.244 e. The number of carbonyl (C=O) groups excluding carboxylic acids is 1. The highest BCUT2D eigenvalue weighted by molar-refractivity contribution is 5.98. The monoisotopic (exact) mass is 391 g/mol. The Morgan fingerprint density at radius 3 is 2.20 bits per heavy atom. The van der Waals surface area contributed by atoms with Crippen LogP contribution in [0.1, 0.15) is 18.4 Å². The predicted octanol–water partition coefficient (Wildman–Crippen LogP) is 1.81. The number of ether oxygens (including phenoxy) is 2. The van der Waals surface area contributed by atoms with Gasteiger partial charge >= 0.3 is 0 Å². The zero-order chi connectivity index (χ0) is 16.1. The van der Waals surface area contributed by atoms with Crippen LogP contribution < -0.4 is 11.1 Å². The lowest BCUT2D eigenvalue weighted by atomic mass is 9.90. The number of benzene rings is 1. The second-order valence-corrected chi connectivity index (χ2v) is 6.31. The Balaban J connectivity index is 0.00000156. The molecule has 0 aliphatic carbocycles. The van der Waals surface area contributed by atoms with E-state index in [0.717, 1.165) is 38.5 Å². The number of hydrogen-bond donors (Lipinski definition) is 2. The molecule has 6 nitrogen and oxygen atoms in total. The van der Waals surface area contributed by atoms with Crippen LogP contribution in [0.15, 0.2) is 24.3 Å². The number of morpholine rings is 1. The zero-order valence-corrected chi connectivity index (χ0v) is 15.9. The molecule has 3 rings (SSSR count). The Bertz CT molecular complexity index is 530. The van der Waals surface area contributed by atoms with Crippen LogP contribution in [0.3, 0.4) is 0 Å². The van der Waals surface area contributed by atoms with Crippen molar-refractivity contribution in [3.8, 4) is 0 Å². The molecule has 3 N–H and O–H groups in total. The Kier molecular flexibility index (Phi) is 9.13. The van der Waals surface area contributed by atoms with Gasteiger partial charge in [-0.15, -0.1) is 24.8 Å². The highest BCUT2D eigenvalue weighted by Crippen LogP contribution is 2.20. The van der Waals surface area contributed by atoms with Gasteiger partial charge in [-0.25, -0.2) is 0 Å². The summed E-state index contributed by atoms with van der Waals surface area (Å²) >= 11 is 0. The largest absolute Gasteiger partial charge is 0.381 e. The third kappa shape index (κ3) is 6.09. The van der Waals surface area contributed by atoms with Gasteiger partial charge in [-0.1, -0.05) is 12.1 Å². The Morgan fingerprint density at radius 2 is 1.60 bits per heavy atom. The highest BCUT2D eigenvalue weighted by atomic mass is 35.5. The van der Waals surface area contributed by atoms with E-state index in [9.17, 15) is 4.79 Å². The standard InChI is InChI=1S/C17H25N3O3.2ClH/c18-17(5-9-22-10-6-17)16(21)19-15-3-1-14(2-4-15)13-20-7-11-23-12-8-20;;/h1-4H,5-13,18H2,(H,19,21);2*1H. The summed E-state index contributed by atoms with van der Waals surface area (Å²) in [6, 6.07) is 7.99. The molecule has 25 heavy (non-hydrogen) atoms. The van der Waals surface area contributed by atoms with Gasteiger partial charge in [0.25, 0.3) is 0 Å². The number of hydrogen-bond acceptors (Lipinski definition) is 5. The van der Waals surface area contributed by atoms with Gasteiger partial charge in [0.05, 0.1) is 13.2 Å². The molecule has 0 radical (unpaired) electrons. The zero-order valence-electron chi connectivity index (χ0n) is 14.2. The maximum absolute atomic E-state index is 12.4. The molecule has 0 aromatic heterocycles. The van der Waals surface area contributed by atoms with E-state index < -0.39 is 5.54 Å². The van der Waals surface area contributed by atoms with E-state index in [0.29, 0.717) is 26.1 Å². The first-order valence-corrected chi connectivity index (χ1v) is 8.23. The van der Waals surface area contributed by atoms with Crippen molar-refractivity contribution in [2.75, 3.05) is 44.8 Å². The van der Waals surface area contributed by atoms with Crippen LogP contribution in [-0.4, -0.2) is 55.9 Å². The van der Waals surface area contributed by atoms with E-state index in [1.165, 1.54) is 5.56 Å². The van der Waals surface area contributed by atoms with Crippen molar-refractivity contribution in [2.45, 2.75) is 24.9 Å². The summed E-state index contributed by atoms with van der Waals surface area (Å²) in [6.07, 6.45) is 1.13. The molecular weight excluding hydrogens is 365 g/mol. The number of amides is 1. The first-order valence-electron chi connectivity index (χ1n) is 8.23. The fourth-order valence-electron chi connectivity index (χ4n) is 2.93. The van der Waals surface area contributed by atoms with Crippen LogP contribution in [0.5, 0.6) is 0 Å². The van der Waals surface area contributed by atoms with Gasteiger partial charge in [0.15, 0.2) is 0 Å². The number of halogens is 2. The van der Waals surface area contributed by atoms with Crippen LogP contribution in [0.25, 0.3) is 0 Å². The number of anilines is 1. The first kappa shape index (κ1) is 22.2. The van der Waals surface area contributed by atoms with E-state index in [-0.39, 0.29) is 30.7 Å². The molecule has 1 amide bonds. The summed E-state index contributed by atoms with van der Waals surface area (Å²) in [5.41, 5.74) is 7.40. The topological polar surface area (TPSA) is 76.8 Å². The van der Waals surface area contributed by atoms with E-state index in [4.69, 9.17) is 15.2 Å². The Hall–Kier alpha value is -0.890. The third-order valence-electron chi connectivity index (χ3n) is 4.56. The summed E-state index contributed by atoms with van der Waals surface area (Å²) in [4.78, 5) is 14.7. The molecule has 0 unspecified atom stereocenters. The number of nitrogens with two attached hydrogens (primary N) is 1. The lowest BCUT2D eigenvalue weighted by Gasteiger charge is -2.31. The molecule has 0 bridgehead atoms. The van der Waals surface area contributed by atoms with Crippen LogP contribution in [-0.2, 0) is 20.8 Å². The Morgan fingerprint density at radius 1 is 1.04 bits per heavy atom. The summed E-state index contributed by atoms with van der Waals surface area (Å²) < 4.78 is 10.6. The summed E-state index contributed by atoms with van der Waals surface area (Å²) in [6.45, 7) is 5.54. The predicted molar refractivity (Wildman–Crippen MR) is 103 cm³/mol. The minimum atomic E-state index is -0.815. The molecule has 0 spiro atoms. The minimum Gasteiger partial charge on any atom is -0.381 e. The van der Waals surface area contributed by atoms with Crippen molar-refractivity contribution in [3.05, 3.63) is 29.8 Å². The van der Waals surface area contributed by atoms with Crippen molar-refractivity contribution in [1.29, 1.82) is 0 Å². The van der Waals surface area contributed by atoms with Crippen LogP contribution in [0.4, 0.5) is 5.69 Å². The lowest BCUT2D eigenvalue weighted by molar-refractivity contribution is -0.124. The number of rotatable bonds is 4. The van der Waals surface area contributed by atoms with Crippen LogP contribution >= 0.6 is 24.8 Å². The van der Waals surface area contributed by atoms with Gasteiger partial charge in [-0.2, -0.15) is 0 Å². The first-order chi connectivity index (χ1) is 11.2. The molecule has 1 aromatic rings. The number of carbonyl (C=O) groups is 1. The van der Waals surface area contributed by atoms with Crippen molar-refractivity contribution in [1.82, 2.24) is 4.90 Å². The van der Waals surface area contributed by atoms with Crippen molar-refractivity contribution < 1.29 is 14.3 Å². The van der Waals surface area contributed by atoms with E-state index in [1.54, 1.807) is 0 Å². The summed E-state index contributed by atoms with van der Waals surface area (Å²) in [5, 5.41) is 2.93. The average Bonchev–Trinajstić information content (AvgIpc) is 2.58. The van der Waals surface area contributed by atoms with Gasteiger partial charge in [0, 0.05) is 38.5 Å². The molecule has 2 heterocycles. The second-order valence-electron chi connectivity index (χ2n) is 6.31. The molecule has 2 fully saturated rings. The number of nitrogens with zero attached hydrogens (tertiary/aromatic N) is 1. The second kappa shape index (κ2) is 10.3. The lowest BCUT2D eigenvalue weighted by Crippen LogP contribution is -2.54. The normalized spacial score (nSPS) is 20.0. The molecular formula is C17H27Cl2N3O3. The van der Waals surface area contributed by atoms with E-state index in [2.05, 4.69) is 22.3 Å². The fraction of sp³-hybridized carbons (Fsp3) is 0.588. The van der Waals surface area contributed by atoms with Gasteiger partial charge in [0.2, 0.25) is 5.91 Å². The summed E-state index contributed by atoms with van der Waals surface area (Å²) in [7, 11) is 0. The van der Waals surface area contributed by atoms with Gasteiger partial charge in [-0.3, -0.25) is 9.69 Å². The highest BCUT2D eigenvalue weighted by Gasteiger charge is 2.35. The molecule has 2 saturated heterocycles. The minimum absolute atomic E-state index is 0. The average molecular weight is 392 g/mol. The molecule has 1 aromatic carbocycles. The molecule has 8 heteroatoms. The fourth-order valence-corrected chi connectivity index (χ4v) is 2.93. The maximum atomic E-state index is 12.4. The van der Waals surface area contributed by atoms with E-state index >= 15 is 0 Å². The smallest absolute Gasteiger partial charge is 0.244 e.